The van der Waals surface area contributed by atoms with E-state index in [2.05, 4.69) is 5.32 Å². The number of aliphatic hydroxyl groups is 1. The summed E-state index contributed by atoms with van der Waals surface area (Å²) in [5.74, 6) is -4.32. The zero-order valence-electron chi connectivity index (χ0n) is 17.5. The average Bonchev–Trinajstić information content (AvgIpc) is 2.69. The van der Waals surface area contributed by atoms with Crippen LogP contribution in [0.4, 0.5) is 14.5 Å². The van der Waals surface area contributed by atoms with Crippen LogP contribution in [0.2, 0.25) is 0 Å². The molecule has 1 atom stereocenters. The van der Waals surface area contributed by atoms with Crippen LogP contribution in [0.1, 0.15) is 60.5 Å². The number of aryl methyl sites for hydroxylation is 1. The maximum absolute atomic E-state index is 14.9. The van der Waals surface area contributed by atoms with Gasteiger partial charge in [-0.05, 0) is 62.8 Å². The molecule has 166 valence electrons. The molecule has 1 amide bonds. The fourth-order valence-corrected chi connectivity index (χ4v) is 4.38. The molecule has 0 aromatic heterocycles. The number of aliphatic hydroxyl groups excluding tert-OH is 1. The van der Waals surface area contributed by atoms with E-state index in [0.29, 0.717) is 24.0 Å². The maximum Gasteiger partial charge on any atom is 0.280 e. The molecular weight excluding hydrogens is 390 g/mol. The lowest BCUT2D eigenvalue weighted by Gasteiger charge is -2.38. The number of nitrogens with one attached hydrogen (secondary N) is 2. The van der Waals surface area contributed by atoms with Crippen molar-refractivity contribution in [3.05, 3.63) is 28.3 Å². The van der Waals surface area contributed by atoms with Gasteiger partial charge >= 0.3 is 0 Å². The highest BCUT2D eigenvalue weighted by molar-refractivity contribution is 5.88. The topological polar surface area (TPSA) is 102 Å². The highest BCUT2D eigenvalue weighted by Gasteiger charge is 2.49. The van der Waals surface area contributed by atoms with Gasteiger partial charge in [-0.2, -0.15) is 0 Å². The van der Waals surface area contributed by atoms with E-state index in [1.165, 1.54) is 24.2 Å². The maximum atomic E-state index is 14.9. The number of rotatable bonds is 6. The Bertz CT molecular complexity index is 772. The second-order valence-electron chi connectivity index (χ2n) is 8.48. The molecule has 1 aromatic carbocycles. The van der Waals surface area contributed by atoms with Gasteiger partial charge in [0.05, 0.1) is 0 Å². The van der Waals surface area contributed by atoms with Crippen molar-refractivity contribution in [3.8, 4) is 0 Å². The van der Waals surface area contributed by atoms with Crippen LogP contribution in [0, 0.1) is 11.3 Å². The standard InChI is InChI=1S/C17H21F2N3O2.C5H11N/c18-17(19,12-3-5-22(9-23)6-4-12)16(24)14-13-2-1-10(13)7-11(8-20)15(14)21;1-6-5-3-2-4-5/h7-9,12,16,20,24H,1-6,21H2;5-6H,2-4H2,1H3. The first kappa shape index (κ1) is 22.6. The van der Waals surface area contributed by atoms with Crippen molar-refractivity contribution in [3.63, 3.8) is 0 Å². The predicted molar refractivity (Wildman–Crippen MR) is 113 cm³/mol. The first-order chi connectivity index (χ1) is 14.3. The number of fused-ring (bicyclic) bond motifs is 1. The van der Waals surface area contributed by atoms with E-state index in [4.69, 9.17) is 11.1 Å². The molecule has 3 aliphatic rings. The summed E-state index contributed by atoms with van der Waals surface area (Å²) in [6.45, 7) is 0.537. The van der Waals surface area contributed by atoms with Crippen LogP contribution < -0.4 is 11.1 Å². The normalized spacial score (nSPS) is 20.2. The molecule has 1 saturated carbocycles. The molecule has 1 aromatic rings. The fraction of sp³-hybridized carbons (Fsp3) is 0.636. The lowest BCUT2D eigenvalue weighted by molar-refractivity contribution is -0.162. The molecule has 1 aliphatic heterocycles. The zero-order chi connectivity index (χ0) is 21.9. The number of piperidine rings is 1. The first-order valence-corrected chi connectivity index (χ1v) is 10.7. The number of carbonyl (C=O) groups is 1. The van der Waals surface area contributed by atoms with E-state index in [1.54, 1.807) is 6.07 Å². The van der Waals surface area contributed by atoms with E-state index in [0.717, 1.165) is 24.2 Å². The van der Waals surface area contributed by atoms with Crippen molar-refractivity contribution in [1.82, 2.24) is 10.2 Å². The van der Waals surface area contributed by atoms with Crippen molar-refractivity contribution < 1.29 is 18.7 Å². The van der Waals surface area contributed by atoms with E-state index >= 15 is 0 Å². The number of anilines is 1. The van der Waals surface area contributed by atoms with Gasteiger partial charge in [0.15, 0.2) is 0 Å². The molecule has 1 heterocycles. The largest absolute Gasteiger partial charge is 0.398 e. The fourth-order valence-electron chi connectivity index (χ4n) is 4.38. The van der Waals surface area contributed by atoms with Gasteiger partial charge in [0, 0.05) is 48.1 Å². The Hall–Kier alpha value is -2.06. The Morgan fingerprint density at radius 1 is 1.30 bits per heavy atom. The molecule has 0 spiro atoms. The molecule has 5 N–H and O–H groups in total. The van der Waals surface area contributed by atoms with E-state index in [9.17, 15) is 18.7 Å². The number of hydrogen-bond donors (Lipinski definition) is 4. The predicted octanol–water partition coefficient (Wildman–Crippen LogP) is 2.66. The summed E-state index contributed by atoms with van der Waals surface area (Å²) in [4.78, 5) is 12.2. The first-order valence-electron chi connectivity index (χ1n) is 10.7. The Labute approximate surface area is 176 Å². The van der Waals surface area contributed by atoms with Gasteiger partial charge in [0.2, 0.25) is 6.41 Å². The smallest absolute Gasteiger partial charge is 0.280 e. The Morgan fingerprint density at radius 3 is 2.37 bits per heavy atom. The van der Waals surface area contributed by atoms with Gasteiger partial charge in [-0.1, -0.05) is 6.42 Å². The van der Waals surface area contributed by atoms with Crippen molar-refractivity contribution in [2.75, 3.05) is 25.9 Å². The van der Waals surface area contributed by atoms with E-state index in [1.807, 2.05) is 7.05 Å². The van der Waals surface area contributed by atoms with Crippen molar-refractivity contribution in [2.45, 2.75) is 63.0 Å². The van der Waals surface area contributed by atoms with Crippen LogP contribution in [0.25, 0.3) is 0 Å². The molecule has 6 nitrogen and oxygen atoms in total. The lowest BCUT2D eigenvalue weighted by Crippen LogP contribution is -2.43. The minimum absolute atomic E-state index is 0.0703. The van der Waals surface area contributed by atoms with Crippen molar-refractivity contribution in [2.24, 2.45) is 5.92 Å². The van der Waals surface area contributed by atoms with Crippen LogP contribution >= 0.6 is 0 Å². The lowest BCUT2D eigenvalue weighted by atomic mass is 9.77. The summed E-state index contributed by atoms with van der Waals surface area (Å²) in [6.07, 6.45) is 5.61. The summed E-state index contributed by atoms with van der Waals surface area (Å²) in [6, 6.07) is 2.60. The summed E-state index contributed by atoms with van der Waals surface area (Å²) >= 11 is 0. The molecule has 0 radical (unpaired) electrons. The molecule has 30 heavy (non-hydrogen) atoms. The summed E-state index contributed by atoms with van der Waals surface area (Å²) < 4.78 is 29.8. The van der Waals surface area contributed by atoms with Gasteiger partial charge in [0.1, 0.15) is 6.10 Å². The molecule has 1 saturated heterocycles. The Morgan fingerprint density at radius 2 is 1.97 bits per heavy atom. The summed E-state index contributed by atoms with van der Waals surface area (Å²) in [7, 11) is 2.03. The number of nitrogens with zero attached hydrogens (tertiary/aromatic N) is 1. The van der Waals surface area contributed by atoms with Gasteiger partial charge in [-0.25, -0.2) is 8.78 Å². The van der Waals surface area contributed by atoms with Crippen LogP contribution in [-0.4, -0.2) is 54.7 Å². The average molecular weight is 423 g/mol. The number of nitrogens with two attached hydrogens (primary N) is 1. The molecule has 2 aliphatic carbocycles. The number of benzene rings is 1. The molecule has 4 rings (SSSR count). The number of likely N-dealkylation sites (tertiary alicyclic amines) is 1. The van der Waals surface area contributed by atoms with Crippen molar-refractivity contribution in [1.29, 1.82) is 5.41 Å². The number of amides is 1. The monoisotopic (exact) mass is 422 g/mol. The highest BCUT2D eigenvalue weighted by Crippen LogP contribution is 2.47. The Balaban J connectivity index is 0.000000367. The second kappa shape index (κ2) is 9.39. The summed E-state index contributed by atoms with van der Waals surface area (Å²) in [5, 5.41) is 21.1. The SMILES string of the molecule is CNC1CCC1.N=Cc1cc2c(c(C(O)C(F)(F)C3CCN(C=O)CC3)c1N)CC2. The minimum Gasteiger partial charge on any atom is -0.398 e. The molecule has 8 heteroatoms. The third-order valence-corrected chi connectivity index (χ3v) is 6.82. The number of alkyl halides is 2. The number of carbonyl (C=O) groups excluding carboxylic acids is 1. The third kappa shape index (κ3) is 4.34. The van der Waals surface area contributed by atoms with Gasteiger partial charge < -0.3 is 26.5 Å². The minimum atomic E-state index is -3.33. The highest BCUT2D eigenvalue weighted by atomic mass is 19.3. The molecule has 0 bridgehead atoms. The van der Waals surface area contributed by atoms with Gasteiger partial charge in [-0.3, -0.25) is 4.79 Å². The third-order valence-electron chi connectivity index (χ3n) is 6.82. The zero-order valence-corrected chi connectivity index (χ0v) is 17.5. The molecular formula is C22H32F2N4O2. The van der Waals surface area contributed by atoms with E-state index in [-0.39, 0.29) is 37.2 Å². The quantitative estimate of drug-likeness (QED) is 0.322. The van der Waals surface area contributed by atoms with Crippen LogP contribution in [0.15, 0.2) is 6.07 Å². The van der Waals surface area contributed by atoms with Gasteiger partial charge in [0.25, 0.3) is 5.92 Å². The van der Waals surface area contributed by atoms with E-state index < -0.39 is 17.9 Å². The van der Waals surface area contributed by atoms with Crippen LogP contribution in [0.5, 0.6) is 0 Å². The van der Waals surface area contributed by atoms with Crippen LogP contribution in [0.3, 0.4) is 0 Å². The molecule has 2 fully saturated rings. The second-order valence-corrected chi connectivity index (χ2v) is 8.48. The van der Waals surface area contributed by atoms with Crippen LogP contribution in [-0.2, 0) is 17.6 Å². The van der Waals surface area contributed by atoms with Gasteiger partial charge in [-0.15, -0.1) is 0 Å². The Kier molecular flexibility index (Phi) is 7.08. The summed E-state index contributed by atoms with van der Waals surface area (Å²) in [5.41, 5.74) is 8.06. The number of halogens is 2. The van der Waals surface area contributed by atoms with Crippen molar-refractivity contribution >= 4 is 18.3 Å². The molecule has 1 unspecified atom stereocenters. The number of hydrogen-bond acceptors (Lipinski definition) is 5. The number of nitrogen functional groups attached to an aromatic ring is 1.